The highest BCUT2D eigenvalue weighted by Gasteiger charge is 2.17. The fourth-order valence-corrected chi connectivity index (χ4v) is 2.56. The van der Waals surface area contributed by atoms with Crippen LogP contribution in [0.5, 0.6) is 0 Å². The van der Waals surface area contributed by atoms with Crippen molar-refractivity contribution in [3.05, 3.63) is 52.0 Å². The molecule has 0 aliphatic rings. The lowest BCUT2D eigenvalue weighted by molar-refractivity contribution is 0.558. The Balaban J connectivity index is 2.45. The van der Waals surface area contributed by atoms with Crippen LogP contribution in [-0.4, -0.2) is 16.8 Å². The minimum Gasteiger partial charge on any atom is -0.308 e. The van der Waals surface area contributed by atoms with Crippen LogP contribution in [0, 0.1) is 5.82 Å². The van der Waals surface area contributed by atoms with Crippen molar-refractivity contribution in [1.82, 2.24) is 15.1 Å². The fourth-order valence-electron chi connectivity index (χ4n) is 2.08. The molecule has 1 aromatic carbocycles. The molecular formula is C13H15BrFN3. The van der Waals surface area contributed by atoms with Crippen LogP contribution in [0.15, 0.2) is 34.9 Å². The maximum atomic E-state index is 13.5. The van der Waals surface area contributed by atoms with Crippen molar-refractivity contribution in [3.63, 3.8) is 0 Å². The second-order valence-corrected chi connectivity index (χ2v) is 4.91. The summed E-state index contributed by atoms with van der Waals surface area (Å²) in [6, 6.07) is 6.78. The van der Waals surface area contributed by atoms with Crippen molar-refractivity contribution in [2.75, 3.05) is 7.05 Å². The third kappa shape index (κ3) is 2.62. The zero-order valence-electron chi connectivity index (χ0n) is 10.3. The largest absolute Gasteiger partial charge is 0.308 e. The number of hydrogen-bond acceptors (Lipinski definition) is 2. The second-order valence-electron chi connectivity index (χ2n) is 4.00. The van der Waals surface area contributed by atoms with Crippen LogP contribution >= 0.6 is 15.9 Å². The lowest BCUT2D eigenvalue weighted by Gasteiger charge is -2.18. The zero-order valence-corrected chi connectivity index (χ0v) is 11.9. The van der Waals surface area contributed by atoms with Gasteiger partial charge in [-0.2, -0.15) is 5.10 Å². The molecule has 1 atom stereocenters. The van der Waals surface area contributed by atoms with E-state index in [0.717, 1.165) is 22.3 Å². The standard InChI is InChI=1S/C13H15BrFN3/c1-3-18-12(4-5-17-18)13(16-2)9-6-10(14)8-11(15)7-9/h4-8,13,16H,3H2,1-2H3. The first kappa shape index (κ1) is 13.2. The highest BCUT2D eigenvalue weighted by molar-refractivity contribution is 9.10. The van der Waals surface area contributed by atoms with Gasteiger partial charge >= 0.3 is 0 Å². The highest BCUT2D eigenvalue weighted by atomic mass is 79.9. The van der Waals surface area contributed by atoms with Crippen molar-refractivity contribution in [2.45, 2.75) is 19.5 Å². The Morgan fingerprint density at radius 2 is 2.22 bits per heavy atom. The molecule has 0 spiro atoms. The molecule has 5 heteroatoms. The van der Waals surface area contributed by atoms with Crippen LogP contribution in [0.2, 0.25) is 0 Å². The summed E-state index contributed by atoms with van der Waals surface area (Å²) in [4.78, 5) is 0. The summed E-state index contributed by atoms with van der Waals surface area (Å²) >= 11 is 3.32. The first-order valence-corrected chi connectivity index (χ1v) is 6.60. The Bertz CT molecular complexity index is 519. The van der Waals surface area contributed by atoms with E-state index in [4.69, 9.17) is 0 Å². The third-order valence-electron chi connectivity index (χ3n) is 2.85. The van der Waals surface area contributed by atoms with Gasteiger partial charge in [0.25, 0.3) is 0 Å². The zero-order chi connectivity index (χ0) is 13.1. The number of rotatable bonds is 4. The molecule has 0 fully saturated rings. The molecule has 1 unspecified atom stereocenters. The van der Waals surface area contributed by atoms with E-state index < -0.39 is 0 Å². The van der Waals surface area contributed by atoms with Crippen molar-refractivity contribution < 1.29 is 4.39 Å². The Kier molecular flexibility index (Phi) is 4.14. The average molecular weight is 312 g/mol. The summed E-state index contributed by atoms with van der Waals surface area (Å²) in [7, 11) is 1.86. The van der Waals surface area contributed by atoms with E-state index in [2.05, 4.69) is 26.3 Å². The number of hydrogen-bond donors (Lipinski definition) is 1. The number of aromatic nitrogens is 2. The van der Waals surface area contributed by atoms with Gasteiger partial charge < -0.3 is 5.32 Å². The normalized spacial score (nSPS) is 12.7. The number of benzene rings is 1. The Morgan fingerprint density at radius 1 is 1.44 bits per heavy atom. The van der Waals surface area contributed by atoms with Gasteiger partial charge in [0.05, 0.1) is 11.7 Å². The van der Waals surface area contributed by atoms with Gasteiger partial charge in [0.15, 0.2) is 0 Å². The van der Waals surface area contributed by atoms with E-state index in [1.807, 2.05) is 30.8 Å². The van der Waals surface area contributed by atoms with Crippen LogP contribution in [0.4, 0.5) is 4.39 Å². The summed E-state index contributed by atoms with van der Waals surface area (Å²) in [6.45, 7) is 2.82. The maximum Gasteiger partial charge on any atom is 0.124 e. The van der Waals surface area contributed by atoms with E-state index in [0.29, 0.717) is 0 Å². The molecule has 18 heavy (non-hydrogen) atoms. The third-order valence-corrected chi connectivity index (χ3v) is 3.31. The first-order valence-electron chi connectivity index (χ1n) is 5.80. The molecule has 96 valence electrons. The Morgan fingerprint density at radius 3 is 2.83 bits per heavy atom. The predicted octanol–water partition coefficient (Wildman–Crippen LogP) is 3.11. The van der Waals surface area contributed by atoms with Gasteiger partial charge in [0.1, 0.15) is 5.82 Å². The van der Waals surface area contributed by atoms with Crippen LogP contribution in [0.3, 0.4) is 0 Å². The van der Waals surface area contributed by atoms with Crippen molar-refractivity contribution in [2.24, 2.45) is 0 Å². The van der Waals surface area contributed by atoms with Crippen LogP contribution < -0.4 is 5.32 Å². The molecule has 0 aliphatic carbocycles. The van der Waals surface area contributed by atoms with E-state index in [1.54, 1.807) is 12.3 Å². The van der Waals surface area contributed by atoms with E-state index in [-0.39, 0.29) is 11.9 Å². The lowest BCUT2D eigenvalue weighted by Crippen LogP contribution is -2.21. The summed E-state index contributed by atoms with van der Waals surface area (Å²) in [6.07, 6.45) is 1.76. The molecule has 0 bridgehead atoms. The molecular weight excluding hydrogens is 297 g/mol. The number of aryl methyl sites for hydroxylation is 1. The quantitative estimate of drug-likeness (QED) is 0.940. The first-order chi connectivity index (χ1) is 8.65. The number of nitrogens with zero attached hydrogens (tertiary/aromatic N) is 2. The molecule has 1 heterocycles. The lowest BCUT2D eigenvalue weighted by atomic mass is 10.0. The Hall–Kier alpha value is -1.20. The summed E-state index contributed by atoms with van der Waals surface area (Å²) in [5.74, 6) is -0.248. The molecule has 3 nitrogen and oxygen atoms in total. The summed E-state index contributed by atoms with van der Waals surface area (Å²) < 4.78 is 16.1. The summed E-state index contributed by atoms with van der Waals surface area (Å²) in [5, 5.41) is 7.45. The average Bonchev–Trinajstić information content (AvgIpc) is 2.77. The van der Waals surface area contributed by atoms with E-state index in [1.165, 1.54) is 6.07 Å². The molecule has 0 radical (unpaired) electrons. The van der Waals surface area contributed by atoms with E-state index >= 15 is 0 Å². The fraction of sp³-hybridized carbons (Fsp3) is 0.308. The summed E-state index contributed by atoms with van der Waals surface area (Å²) in [5.41, 5.74) is 1.90. The van der Waals surface area contributed by atoms with Crippen LogP contribution in [0.1, 0.15) is 24.2 Å². The topological polar surface area (TPSA) is 29.9 Å². The molecule has 0 aliphatic heterocycles. The molecule has 0 saturated carbocycles. The van der Waals surface area contributed by atoms with Crippen molar-refractivity contribution in [3.8, 4) is 0 Å². The van der Waals surface area contributed by atoms with Gasteiger partial charge in [-0.3, -0.25) is 4.68 Å². The minimum absolute atomic E-state index is 0.0700. The molecule has 1 N–H and O–H groups in total. The van der Waals surface area contributed by atoms with Gasteiger partial charge in [-0.25, -0.2) is 4.39 Å². The maximum absolute atomic E-state index is 13.5. The van der Waals surface area contributed by atoms with Crippen LogP contribution in [0.25, 0.3) is 0 Å². The molecule has 0 saturated heterocycles. The predicted molar refractivity (Wildman–Crippen MR) is 72.9 cm³/mol. The molecule has 0 amide bonds. The van der Waals surface area contributed by atoms with Crippen LogP contribution in [-0.2, 0) is 6.54 Å². The van der Waals surface area contributed by atoms with Crippen molar-refractivity contribution in [1.29, 1.82) is 0 Å². The number of nitrogens with one attached hydrogen (secondary N) is 1. The molecule has 1 aromatic heterocycles. The van der Waals surface area contributed by atoms with Gasteiger partial charge in [-0.05, 0) is 43.8 Å². The van der Waals surface area contributed by atoms with Gasteiger partial charge in [0.2, 0.25) is 0 Å². The van der Waals surface area contributed by atoms with Gasteiger partial charge in [-0.1, -0.05) is 15.9 Å². The van der Waals surface area contributed by atoms with Gasteiger partial charge in [-0.15, -0.1) is 0 Å². The van der Waals surface area contributed by atoms with E-state index in [9.17, 15) is 4.39 Å². The SMILES string of the molecule is CCn1nccc1C(NC)c1cc(F)cc(Br)c1. The smallest absolute Gasteiger partial charge is 0.124 e. The molecule has 2 rings (SSSR count). The van der Waals surface area contributed by atoms with Gasteiger partial charge in [0, 0.05) is 17.2 Å². The molecule has 2 aromatic rings. The minimum atomic E-state index is -0.248. The Labute approximate surface area is 114 Å². The number of halogens is 2. The monoisotopic (exact) mass is 311 g/mol. The highest BCUT2D eigenvalue weighted by Crippen LogP contribution is 2.25. The van der Waals surface area contributed by atoms with Crippen molar-refractivity contribution >= 4 is 15.9 Å². The second kappa shape index (κ2) is 5.63.